The van der Waals surface area contributed by atoms with Gasteiger partial charge in [-0.15, -0.1) is 0 Å². The first-order valence-corrected chi connectivity index (χ1v) is 7.97. The van der Waals surface area contributed by atoms with Gasteiger partial charge in [-0.2, -0.15) is 0 Å². The molecule has 2 heteroatoms. The fraction of sp³-hybridized carbons (Fsp3) is 0.0455. The zero-order valence-electron chi connectivity index (χ0n) is 13.4. The normalized spacial score (nSPS) is 10.9. The number of fused-ring (bicyclic) bond motifs is 1. The summed E-state index contributed by atoms with van der Waals surface area (Å²) in [5.41, 5.74) is 6.24. The first-order chi connectivity index (χ1) is 11.7. The van der Waals surface area contributed by atoms with Crippen molar-refractivity contribution in [3.8, 4) is 28.0 Å². The molecule has 0 atom stereocenters. The van der Waals surface area contributed by atoms with Crippen molar-refractivity contribution in [3.63, 3.8) is 0 Å². The summed E-state index contributed by atoms with van der Waals surface area (Å²) in [5, 5.41) is 10.8. The Balaban J connectivity index is 1.73. The van der Waals surface area contributed by atoms with E-state index >= 15 is 0 Å². The molecule has 0 unspecified atom stereocenters. The number of aryl methyl sites for hydroxylation is 1. The van der Waals surface area contributed by atoms with E-state index < -0.39 is 0 Å². The smallest absolute Gasteiger partial charge is 0.137 e. The van der Waals surface area contributed by atoms with E-state index in [-0.39, 0.29) is 5.75 Å². The van der Waals surface area contributed by atoms with Crippen LogP contribution >= 0.6 is 0 Å². The van der Waals surface area contributed by atoms with Crippen LogP contribution in [0.5, 0.6) is 5.75 Å². The summed E-state index contributed by atoms with van der Waals surface area (Å²) in [7, 11) is 0. The molecule has 0 radical (unpaired) electrons. The number of pyridine rings is 1. The standard InChI is InChI=1S/C22H17NO/c1-15-22(24)14-20-13-19(11-12-21(20)23-15)18-9-7-17(8-10-18)16-5-3-2-4-6-16/h2-14,24H,1H3. The zero-order chi connectivity index (χ0) is 16.5. The molecule has 0 aliphatic heterocycles. The van der Waals surface area contributed by atoms with Crippen molar-refractivity contribution in [2.75, 3.05) is 0 Å². The molecule has 0 aliphatic rings. The van der Waals surface area contributed by atoms with Gasteiger partial charge >= 0.3 is 0 Å². The molecule has 3 aromatic carbocycles. The molecular weight excluding hydrogens is 294 g/mol. The minimum Gasteiger partial charge on any atom is -0.506 e. The highest BCUT2D eigenvalue weighted by Crippen LogP contribution is 2.28. The van der Waals surface area contributed by atoms with Crippen molar-refractivity contribution in [2.24, 2.45) is 0 Å². The minimum absolute atomic E-state index is 0.235. The molecule has 116 valence electrons. The van der Waals surface area contributed by atoms with Crippen LogP contribution in [0, 0.1) is 6.92 Å². The fourth-order valence-corrected chi connectivity index (χ4v) is 2.93. The van der Waals surface area contributed by atoms with E-state index in [4.69, 9.17) is 0 Å². The summed E-state index contributed by atoms with van der Waals surface area (Å²) in [4.78, 5) is 4.41. The molecule has 4 rings (SSSR count). The lowest BCUT2D eigenvalue weighted by Gasteiger charge is -2.07. The molecule has 4 aromatic rings. The molecule has 1 heterocycles. The predicted octanol–water partition coefficient (Wildman–Crippen LogP) is 5.58. The largest absolute Gasteiger partial charge is 0.506 e. The molecule has 0 saturated heterocycles. The molecule has 0 amide bonds. The number of hydrogen-bond acceptors (Lipinski definition) is 2. The molecule has 0 spiro atoms. The van der Waals surface area contributed by atoms with Crippen molar-refractivity contribution in [3.05, 3.63) is 84.6 Å². The second-order valence-electron chi connectivity index (χ2n) is 5.94. The molecule has 0 bridgehead atoms. The van der Waals surface area contributed by atoms with Crippen molar-refractivity contribution in [2.45, 2.75) is 6.92 Å². The molecule has 24 heavy (non-hydrogen) atoms. The number of benzene rings is 3. The maximum absolute atomic E-state index is 9.88. The zero-order valence-corrected chi connectivity index (χ0v) is 13.4. The Morgan fingerprint density at radius 2 is 1.25 bits per heavy atom. The maximum Gasteiger partial charge on any atom is 0.137 e. The second kappa shape index (κ2) is 5.82. The van der Waals surface area contributed by atoms with Gasteiger partial charge in [-0.25, -0.2) is 4.98 Å². The van der Waals surface area contributed by atoms with Gasteiger partial charge in [0, 0.05) is 5.39 Å². The van der Waals surface area contributed by atoms with Crippen molar-refractivity contribution < 1.29 is 5.11 Å². The van der Waals surface area contributed by atoms with Crippen molar-refractivity contribution in [1.29, 1.82) is 0 Å². The summed E-state index contributed by atoms with van der Waals surface area (Å²) < 4.78 is 0. The third-order valence-electron chi connectivity index (χ3n) is 4.30. The lowest BCUT2D eigenvalue weighted by atomic mass is 9.99. The van der Waals surface area contributed by atoms with E-state index in [1.54, 1.807) is 6.07 Å². The summed E-state index contributed by atoms with van der Waals surface area (Å²) in [6.07, 6.45) is 0. The van der Waals surface area contributed by atoms with Crippen LogP contribution < -0.4 is 0 Å². The first kappa shape index (κ1) is 14.5. The van der Waals surface area contributed by atoms with Crippen LogP contribution in [0.4, 0.5) is 0 Å². The van der Waals surface area contributed by atoms with Crippen LogP contribution in [0.3, 0.4) is 0 Å². The lowest BCUT2D eigenvalue weighted by Crippen LogP contribution is -1.86. The highest BCUT2D eigenvalue weighted by molar-refractivity contribution is 5.86. The average Bonchev–Trinajstić information content (AvgIpc) is 2.63. The summed E-state index contributed by atoms with van der Waals surface area (Å²) in [6.45, 7) is 1.81. The fourth-order valence-electron chi connectivity index (χ4n) is 2.93. The second-order valence-corrected chi connectivity index (χ2v) is 5.94. The highest BCUT2D eigenvalue weighted by atomic mass is 16.3. The van der Waals surface area contributed by atoms with Gasteiger partial charge in [0.2, 0.25) is 0 Å². The molecule has 1 aromatic heterocycles. The topological polar surface area (TPSA) is 33.1 Å². The van der Waals surface area contributed by atoms with Gasteiger partial charge in [0.15, 0.2) is 0 Å². The predicted molar refractivity (Wildman–Crippen MR) is 99.0 cm³/mol. The van der Waals surface area contributed by atoms with Gasteiger partial charge < -0.3 is 5.11 Å². The van der Waals surface area contributed by atoms with Crippen LogP contribution in [0.25, 0.3) is 33.2 Å². The van der Waals surface area contributed by atoms with Gasteiger partial charge in [-0.05, 0) is 47.4 Å². The van der Waals surface area contributed by atoms with Crippen LogP contribution in [0.1, 0.15) is 5.69 Å². The third-order valence-corrected chi connectivity index (χ3v) is 4.30. The van der Waals surface area contributed by atoms with Gasteiger partial charge in [0.05, 0.1) is 11.2 Å². The Kier molecular flexibility index (Phi) is 3.51. The maximum atomic E-state index is 9.88. The molecule has 0 aliphatic carbocycles. The Labute approximate surface area is 141 Å². The Morgan fingerprint density at radius 1 is 0.667 bits per heavy atom. The molecule has 0 fully saturated rings. The average molecular weight is 311 g/mol. The Hall–Kier alpha value is -3.13. The number of nitrogens with zero attached hydrogens (tertiary/aromatic N) is 1. The minimum atomic E-state index is 0.235. The molecule has 2 nitrogen and oxygen atoms in total. The van der Waals surface area contributed by atoms with E-state index in [1.807, 2.05) is 31.2 Å². The van der Waals surface area contributed by atoms with E-state index in [0.717, 1.165) is 22.0 Å². The van der Waals surface area contributed by atoms with E-state index in [0.29, 0.717) is 5.69 Å². The van der Waals surface area contributed by atoms with Gasteiger partial charge in [0.25, 0.3) is 0 Å². The van der Waals surface area contributed by atoms with Gasteiger partial charge in [-0.1, -0.05) is 60.7 Å². The Morgan fingerprint density at radius 3 is 1.96 bits per heavy atom. The number of rotatable bonds is 2. The van der Waals surface area contributed by atoms with E-state index in [9.17, 15) is 5.11 Å². The van der Waals surface area contributed by atoms with Crippen LogP contribution in [-0.4, -0.2) is 10.1 Å². The molecule has 1 N–H and O–H groups in total. The molecular formula is C22H17NO. The number of aromatic hydroxyl groups is 1. The van der Waals surface area contributed by atoms with Crippen LogP contribution in [0.15, 0.2) is 78.9 Å². The van der Waals surface area contributed by atoms with Crippen LogP contribution in [0.2, 0.25) is 0 Å². The number of hydrogen-bond donors (Lipinski definition) is 1. The van der Waals surface area contributed by atoms with E-state index in [1.165, 1.54) is 11.1 Å². The van der Waals surface area contributed by atoms with E-state index in [2.05, 4.69) is 53.5 Å². The van der Waals surface area contributed by atoms with Crippen LogP contribution in [-0.2, 0) is 0 Å². The SMILES string of the molecule is Cc1nc2ccc(-c3ccc(-c4ccccc4)cc3)cc2cc1O. The van der Waals surface area contributed by atoms with Gasteiger partial charge in [0.1, 0.15) is 5.75 Å². The van der Waals surface area contributed by atoms with Crippen molar-refractivity contribution >= 4 is 10.9 Å². The van der Waals surface area contributed by atoms with Gasteiger partial charge in [-0.3, -0.25) is 0 Å². The highest BCUT2D eigenvalue weighted by Gasteiger charge is 2.05. The number of aromatic nitrogens is 1. The summed E-state index contributed by atoms with van der Waals surface area (Å²) in [6, 6.07) is 26.8. The summed E-state index contributed by atoms with van der Waals surface area (Å²) in [5.74, 6) is 0.235. The first-order valence-electron chi connectivity index (χ1n) is 7.97. The Bertz CT molecular complexity index is 1010. The molecule has 0 saturated carbocycles. The lowest BCUT2D eigenvalue weighted by molar-refractivity contribution is 0.469. The quantitative estimate of drug-likeness (QED) is 0.524. The third kappa shape index (κ3) is 2.63. The monoisotopic (exact) mass is 311 g/mol. The van der Waals surface area contributed by atoms with Crippen molar-refractivity contribution in [1.82, 2.24) is 4.98 Å². The summed E-state index contributed by atoms with van der Waals surface area (Å²) >= 11 is 0.